The summed E-state index contributed by atoms with van der Waals surface area (Å²) in [6.07, 6.45) is 4.68. The van der Waals surface area contributed by atoms with Gasteiger partial charge in [0.15, 0.2) is 5.96 Å². The number of hydrogen-bond acceptors (Lipinski definition) is 3. The topological polar surface area (TPSA) is 54.9 Å². The average molecular weight is 365 g/mol. The first-order valence-corrected chi connectivity index (χ1v) is 9.50. The van der Waals surface area contributed by atoms with Crippen molar-refractivity contribution in [2.45, 2.75) is 45.6 Å². The van der Waals surface area contributed by atoms with E-state index in [1.54, 1.807) is 19.2 Å². The molecule has 0 amide bonds. The summed E-state index contributed by atoms with van der Waals surface area (Å²) in [5.41, 5.74) is 0.294. The van der Waals surface area contributed by atoms with Crippen molar-refractivity contribution in [1.29, 1.82) is 0 Å². The normalized spacial score (nSPS) is 17.3. The molecule has 5 nitrogen and oxygen atoms in total. The van der Waals surface area contributed by atoms with Crippen molar-refractivity contribution < 1.29 is 13.9 Å². The summed E-state index contributed by atoms with van der Waals surface area (Å²) in [5.74, 6) is 1.04. The molecule has 0 bridgehead atoms. The Balaban J connectivity index is 1.84. The maximum absolute atomic E-state index is 13.2. The third-order valence-corrected chi connectivity index (χ3v) is 4.86. The third-order valence-electron chi connectivity index (χ3n) is 4.86. The van der Waals surface area contributed by atoms with Gasteiger partial charge in [-0.05, 0) is 50.7 Å². The van der Waals surface area contributed by atoms with Gasteiger partial charge in [0.25, 0.3) is 0 Å². The average Bonchev–Trinajstić information content (AvgIpc) is 2.58. The van der Waals surface area contributed by atoms with Gasteiger partial charge in [0.05, 0.1) is 6.54 Å². The van der Waals surface area contributed by atoms with E-state index in [1.807, 2.05) is 13.8 Å². The van der Waals surface area contributed by atoms with Gasteiger partial charge in [0.2, 0.25) is 0 Å². The van der Waals surface area contributed by atoms with Crippen LogP contribution in [0.1, 0.15) is 39.5 Å². The number of nitrogens with one attached hydrogen (secondary N) is 2. The number of hydrogen-bond donors (Lipinski definition) is 2. The van der Waals surface area contributed by atoms with Crippen LogP contribution in [0.15, 0.2) is 29.3 Å². The van der Waals surface area contributed by atoms with Gasteiger partial charge in [-0.2, -0.15) is 0 Å². The standard InChI is InChI=1S/C20H32FN3O2/c1-4-22-19(24-15-20(9-6-10-20)11-12-25-3)23-14-16(2)26-18-8-5-7-17(21)13-18/h5,7-8,13,16H,4,6,9-12,14-15H2,1-3H3,(H2,22,23,24). The first kappa shape index (κ1) is 20.5. The number of guanidine groups is 1. The van der Waals surface area contributed by atoms with Crippen molar-refractivity contribution >= 4 is 5.96 Å². The Morgan fingerprint density at radius 1 is 1.35 bits per heavy atom. The van der Waals surface area contributed by atoms with Gasteiger partial charge >= 0.3 is 0 Å². The fourth-order valence-corrected chi connectivity index (χ4v) is 3.13. The Hall–Kier alpha value is -1.82. The zero-order valence-corrected chi connectivity index (χ0v) is 16.2. The Bertz CT molecular complexity index is 576. The fraction of sp³-hybridized carbons (Fsp3) is 0.650. The minimum absolute atomic E-state index is 0.105. The molecule has 1 aromatic rings. The van der Waals surface area contributed by atoms with Crippen LogP contribution >= 0.6 is 0 Å². The second kappa shape index (κ2) is 10.4. The van der Waals surface area contributed by atoms with E-state index in [0.717, 1.165) is 32.1 Å². The maximum atomic E-state index is 13.2. The van der Waals surface area contributed by atoms with Gasteiger partial charge in [0, 0.05) is 32.9 Å². The lowest BCUT2D eigenvalue weighted by molar-refractivity contribution is 0.0778. The van der Waals surface area contributed by atoms with E-state index in [4.69, 9.17) is 14.5 Å². The Labute approximate surface area is 156 Å². The highest BCUT2D eigenvalue weighted by Crippen LogP contribution is 2.44. The number of ether oxygens (including phenoxy) is 2. The SMILES string of the molecule is CCNC(=NCC1(CCOC)CCC1)NCC(C)Oc1cccc(F)c1. The van der Waals surface area contributed by atoms with Crippen molar-refractivity contribution in [3.63, 3.8) is 0 Å². The summed E-state index contributed by atoms with van der Waals surface area (Å²) >= 11 is 0. The molecule has 2 N–H and O–H groups in total. The molecule has 6 heteroatoms. The highest BCUT2D eigenvalue weighted by molar-refractivity contribution is 5.79. The van der Waals surface area contributed by atoms with Crippen LogP contribution in [0.4, 0.5) is 4.39 Å². The summed E-state index contributed by atoms with van der Waals surface area (Å²) < 4.78 is 24.2. The molecule has 26 heavy (non-hydrogen) atoms. The summed E-state index contributed by atoms with van der Waals surface area (Å²) in [4.78, 5) is 4.78. The van der Waals surface area contributed by atoms with E-state index in [9.17, 15) is 4.39 Å². The minimum Gasteiger partial charge on any atom is -0.489 e. The molecule has 0 radical (unpaired) electrons. The van der Waals surface area contributed by atoms with Gasteiger partial charge in [-0.15, -0.1) is 0 Å². The molecule has 0 spiro atoms. The van der Waals surface area contributed by atoms with Crippen LogP contribution in [0.2, 0.25) is 0 Å². The molecule has 146 valence electrons. The zero-order valence-electron chi connectivity index (χ0n) is 16.2. The largest absolute Gasteiger partial charge is 0.489 e. The van der Waals surface area contributed by atoms with E-state index in [1.165, 1.54) is 31.4 Å². The molecule has 2 rings (SSSR count). The molecule has 1 aliphatic rings. The smallest absolute Gasteiger partial charge is 0.191 e. The Morgan fingerprint density at radius 2 is 2.15 bits per heavy atom. The van der Waals surface area contributed by atoms with E-state index < -0.39 is 0 Å². The van der Waals surface area contributed by atoms with Gasteiger partial charge < -0.3 is 20.1 Å². The highest BCUT2D eigenvalue weighted by Gasteiger charge is 2.36. The van der Waals surface area contributed by atoms with Crippen LogP contribution in [0, 0.1) is 11.2 Å². The number of halogens is 1. The fourth-order valence-electron chi connectivity index (χ4n) is 3.13. The van der Waals surface area contributed by atoms with Crippen molar-refractivity contribution in [2.75, 3.05) is 33.4 Å². The van der Waals surface area contributed by atoms with Crippen LogP contribution in [-0.4, -0.2) is 45.4 Å². The zero-order chi connectivity index (χ0) is 18.8. The molecular weight excluding hydrogens is 333 g/mol. The van der Waals surface area contributed by atoms with Crippen LogP contribution in [0.5, 0.6) is 5.75 Å². The summed E-state index contributed by atoms with van der Waals surface area (Å²) in [5, 5.41) is 6.60. The minimum atomic E-state index is -0.292. The molecule has 0 aliphatic heterocycles. The predicted molar refractivity (Wildman–Crippen MR) is 103 cm³/mol. The van der Waals surface area contributed by atoms with Gasteiger partial charge in [-0.3, -0.25) is 4.99 Å². The van der Waals surface area contributed by atoms with Crippen LogP contribution in [0.3, 0.4) is 0 Å². The Morgan fingerprint density at radius 3 is 2.77 bits per heavy atom. The Kier molecular flexibility index (Phi) is 8.16. The molecule has 1 atom stereocenters. The molecule has 1 saturated carbocycles. The lowest BCUT2D eigenvalue weighted by Gasteiger charge is -2.40. The molecule has 1 aromatic carbocycles. The quantitative estimate of drug-likeness (QED) is 0.493. The second-order valence-corrected chi connectivity index (χ2v) is 7.06. The number of rotatable bonds is 10. The van der Waals surface area contributed by atoms with E-state index in [0.29, 0.717) is 17.7 Å². The van der Waals surface area contributed by atoms with E-state index in [-0.39, 0.29) is 11.9 Å². The number of benzene rings is 1. The summed E-state index contributed by atoms with van der Waals surface area (Å²) in [6.45, 7) is 6.99. The monoisotopic (exact) mass is 365 g/mol. The first-order chi connectivity index (χ1) is 12.6. The lowest BCUT2D eigenvalue weighted by atomic mass is 9.67. The summed E-state index contributed by atoms with van der Waals surface area (Å²) in [7, 11) is 1.75. The highest BCUT2D eigenvalue weighted by atomic mass is 19.1. The van der Waals surface area contributed by atoms with E-state index >= 15 is 0 Å². The van der Waals surface area contributed by atoms with Crippen molar-refractivity contribution in [3.8, 4) is 5.75 Å². The number of nitrogens with zero attached hydrogens (tertiary/aromatic N) is 1. The van der Waals surface area contributed by atoms with Crippen molar-refractivity contribution in [3.05, 3.63) is 30.1 Å². The number of methoxy groups -OCH3 is 1. The molecule has 1 aliphatic carbocycles. The van der Waals surface area contributed by atoms with Crippen LogP contribution in [0.25, 0.3) is 0 Å². The third kappa shape index (κ3) is 6.48. The van der Waals surface area contributed by atoms with Gasteiger partial charge in [0.1, 0.15) is 17.7 Å². The van der Waals surface area contributed by atoms with Gasteiger partial charge in [-0.1, -0.05) is 12.5 Å². The molecular formula is C20H32FN3O2. The van der Waals surface area contributed by atoms with E-state index in [2.05, 4.69) is 10.6 Å². The number of aliphatic imine (C=N–C) groups is 1. The molecule has 1 unspecified atom stereocenters. The molecule has 0 aromatic heterocycles. The maximum Gasteiger partial charge on any atom is 0.191 e. The van der Waals surface area contributed by atoms with Crippen molar-refractivity contribution in [2.24, 2.45) is 10.4 Å². The first-order valence-electron chi connectivity index (χ1n) is 9.50. The molecule has 0 heterocycles. The van der Waals surface area contributed by atoms with Crippen LogP contribution < -0.4 is 15.4 Å². The van der Waals surface area contributed by atoms with Crippen LogP contribution in [-0.2, 0) is 4.74 Å². The lowest BCUT2D eigenvalue weighted by Crippen LogP contribution is -2.43. The van der Waals surface area contributed by atoms with Crippen molar-refractivity contribution in [1.82, 2.24) is 10.6 Å². The molecule has 1 fully saturated rings. The van der Waals surface area contributed by atoms with Gasteiger partial charge in [-0.25, -0.2) is 4.39 Å². The summed E-state index contributed by atoms with van der Waals surface area (Å²) in [6, 6.07) is 6.21. The second-order valence-electron chi connectivity index (χ2n) is 7.06. The predicted octanol–water partition coefficient (Wildman–Crippen LogP) is 3.35. The molecule has 0 saturated heterocycles.